The Bertz CT molecular complexity index is 1770. The molecule has 0 aliphatic rings. The van der Waals surface area contributed by atoms with E-state index in [-0.39, 0.29) is 0 Å². The number of hydrogen-bond donors (Lipinski definition) is 0. The normalized spacial score (nSPS) is 11.5. The van der Waals surface area contributed by atoms with E-state index in [1.807, 2.05) is 11.3 Å². The summed E-state index contributed by atoms with van der Waals surface area (Å²) in [6.07, 6.45) is 0. The molecule has 0 unspecified atom stereocenters. The molecule has 0 saturated heterocycles. The molecule has 0 bridgehead atoms. The van der Waals surface area contributed by atoms with Gasteiger partial charge in [0.25, 0.3) is 0 Å². The molecule has 2 aromatic heterocycles. The van der Waals surface area contributed by atoms with E-state index in [9.17, 15) is 0 Å². The zero-order valence-corrected chi connectivity index (χ0v) is 19.3. The van der Waals surface area contributed by atoms with Gasteiger partial charge in [0.15, 0.2) is 0 Å². The second kappa shape index (κ2) is 7.72. The second-order valence-corrected chi connectivity index (χ2v) is 9.67. The van der Waals surface area contributed by atoms with Crippen LogP contribution >= 0.6 is 11.3 Å². The van der Waals surface area contributed by atoms with Gasteiger partial charge in [-0.25, -0.2) is 0 Å². The van der Waals surface area contributed by atoms with Crippen molar-refractivity contribution < 1.29 is 0 Å². The number of nitrogens with zero attached hydrogens (tertiary/aromatic N) is 1. The molecule has 0 aliphatic heterocycles. The van der Waals surface area contributed by atoms with Gasteiger partial charge >= 0.3 is 0 Å². The summed E-state index contributed by atoms with van der Waals surface area (Å²) in [7, 11) is 0. The lowest BCUT2D eigenvalue weighted by molar-refractivity contribution is 1.18. The van der Waals surface area contributed by atoms with E-state index >= 15 is 0 Å². The minimum atomic E-state index is 1.19. The van der Waals surface area contributed by atoms with Crippen molar-refractivity contribution in [3.8, 4) is 27.3 Å². The Hall–Kier alpha value is -4.14. The minimum Gasteiger partial charge on any atom is -0.309 e. The molecule has 2 heterocycles. The largest absolute Gasteiger partial charge is 0.309 e. The number of para-hydroxylation sites is 1. The maximum atomic E-state index is 2.40. The standard InChI is InChI=1S/C32H21NS/c1-3-9-22(10-4-1)23-15-18-26(19-16-23)33-28-14-8-7-13-27(28)31-29(33)20-17-25-21-30(34-32(25)31)24-11-5-2-6-12-24/h1-21H. The summed E-state index contributed by atoms with van der Waals surface area (Å²) in [5.74, 6) is 0. The van der Waals surface area contributed by atoms with Crippen LogP contribution in [0.3, 0.4) is 0 Å². The fraction of sp³-hybridized carbons (Fsp3) is 0. The Morgan fingerprint density at radius 2 is 1.15 bits per heavy atom. The van der Waals surface area contributed by atoms with Crippen molar-refractivity contribution in [2.45, 2.75) is 0 Å². The van der Waals surface area contributed by atoms with Crippen molar-refractivity contribution in [2.75, 3.05) is 0 Å². The third-order valence-electron chi connectivity index (χ3n) is 6.61. The van der Waals surface area contributed by atoms with Crippen LogP contribution in [0.4, 0.5) is 0 Å². The molecule has 0 fully saturated rings. The Kier molecular flexibility index (Phi) is 4.39. The van der Waals surface area contributed by atoms with E-state index in [0.29, 0.717) is 0 Å². The molecule has 0 amide bonds. The van der Waals surface area contributed by atoms with Crippen LogP contribution in [-0.4, -0.2) is 4.57 Å². The van der Waals surface area contributed by atoms with E-state index in [1.165, 1.54) is 59.1 Å². The predicted molar refractivity (Wildman–Crippen MR) is 147 cm³/mol. The number of hydrogen-bond acceptors (Lipinski definition) is 1. The van der Waals surface area contributed by atoms with Crippen molar-refractivity contribution in [3.63, 3.8) is 0 Å². The van der Waals surface area contributed by atoms with Gasteiger partial charge in [-0.15, -0.1) is 11.3 Å². The first-order valence-electron chi connectivity index (χ1n) is 11.5. The predicted octanol–water partition coefficient (Wildman–Crippen LogP) is 9.33. The summed E-state index contributed by atoms with van der Waals surface area (Å²) >= 11 is 1.89. The zero-order valence-electron chi connectivity index (χ0n) is 18.5. The van der Waals surface area contributed by atoms with Crippen LogP contribution in [0.15, 0.2) is 127 Å². The van der Waals surface area contributed by atoms with Gasteiger partial charge in [-0.05, 0) is 52.4 Å². The molecule has 0 radical (unpaired) electrons. The number of rotatable bonds is 3. The van der Waals surface area contributed by atoms with Gasteiger partial charge in [-0.2, -0.15) is 0 Å². The van der Waals surface area contributed by atoms with Gasteiger partial charge in [0, 0.05) is 26.0 Å². The van der Waals surface area contributed by atoms with E-state index in [4.69, 9.17) is 0 Å². The molecule has 0 atom stereocenters. The van der Waals surface area contributed by atoms with Crippen LogP contribution in [0.1, 0.15) is 0 Å². The van der Waals surface area contributed by atoms with Crippen LogP contribution in [0.2, 0.25) is 0 Å². The molecule has 7 rings (SSSR count). The molecular weight excluding hydrogens is 430 g/mol. The van der Waals surface area contributed by atoms with Crippen LogP contribution < -0.4 is 0 Å². The van der Waals surface area contributed by atoms with E-state index in [0.717, 1.165) is 0 Å². The van der Waals surface area contributed by atoms with Crippen molar-refractivity contribution >= 4 is 43.2 Å². The molecule has 0 spiro atoms. The first-order valence-corrected chi connectivity index (χ1v) is 12.4. The Morgan fingerprint density at radius 3 is 1.91 bits per heavy atom. The highest BCUT2D eigenvalue weighted by atomic mass is 32.1. The van der Waals surface area contributed by atoms with Gasteiger partial charge in [0.1, 0.15) is 0 Å². The van der Waals surface area contributed by atoms with Crippen LogP contribution in [0.25, 0.3) is 59.1 Å². The Balaban J connectivity index is 1.47. The monoisotopic (exact) mass is 451 g/mol. The van der Waals surface area contributed by atoms with E-state index < -0.39 is 0 Å². The SMILES string of the molecule is c1ccc(-c2ccc(-n3c4ccccc4c4c5sc(-c6ccccc6)cc5ccc43)cc2)cc1. The Labute approximate surface area is 202 Å². The second-order valence-electron chi connectivity index (χ2n) is 8.62. The van der Waals surface area contributed by atoms with Gasteiger partial charge in [-0.1, -0.05) is 97.1 Å². The minimum absolute atomic E-state index is 1.19. The number of aromatic nitrogens is 1. The number of benzene rings is 5. The molecular formula is C32H21NS. The first-order chi connectivity index (χ1) is 16.9. The van der Waals surface area contributed by atoms with Gasteiger partial charge in [0.2, 0.25) is 0 Å². The van der Waals surface area contributed by atoms with Crippen LogP contribution in [0, 0.1) is 0 Å². The van der Waals surface area contributed by atoms with E-state index in [2.05, 4.69) is 132 Å². The summed E-state index contributed by atoms with van der Waals surface area (Å²) in [6.45, 7) is 0. The smallest absolute Gasteiger partial charge is 0.0555 e. The summed E-state index contributed by atoms with van der Waals surface area (Å²) in [5.41, 5.74) is 7.43. The maximum absolute atomic E-state index is 2.40. The molecule has 34 heavy (non-hydrogen) atoms. The maximum Gasteiger partial charge on any atom is 0.0555 e. The van der Waals surface area contributed by atoms with Crippen LogP contribution in [-0.2, 0) is 0 Å². The summed E-state index contributed by atoms with van der Waals surface area (Å²) in [6, 6.07) is 45.8. The lowest BCUT2D eigenvalue weighted by atomic mass is 10.1. The molecule has 7 aromatic rings. The highest BCUT2D eigenvalue weighted by Crippen LogP contribution is 2.42. The lowest BCUT2D eigenvalue weighted by Gasteiger charge is -2.09. The summed E-state index contributed by atoms with van der Waals surface area (Å²) in [5, 5.41) is 3.95. The van der Waals surface area contributed by atoms with Crippen LogP contribution in [0.5, 0.6) is 0 Å². The van der Waals surface area contributed by atoms with Crippen molar-refractivity contribution in [2.24, 2.45) is 0 Å². The highest BCUT2D eigenvalue weighted by molar-refractivity contribution is 7.23. The average molecular weight is 452 g/mol. The molecule has 1 nitrogen and oxygen atoms in total. The lowest BCUT2D eigenvalue weighted by Crippen LogP contribution is -1.93. The summed E-state index contributed by atoms with van der Waals surface area (Å²) < 4.78 is 3.76. The van der Waals surface area contributed by atoms with Gasteiger partial charge in [0.05, 0.1) is 11.0 Å². The number of thiophene rings is 1. The topological polar surface area (TPSA) is 4.93 Å². The fourth-order valence-electron chi connectivity index (χ4n) is 5.01. The fourth-order valence-corrected chi connectivity index (χ4v) is 6.23. The third-order valence-corrected chi connectivity index (χ3v) is 7.83. The molecule has 0 aliphatic carbocycles. The Morgan fingerprint density at radius 1 is 0.500 bits per heavy atom. The average Bonchev–Trinajstić information content (AvgIpc) is 3.49. The number of fused-ring (bicyclic) bond motifs is 5. The highest BCUT2D eigenvalue weighted by Gasteiger charge is 2.16. The molecule has 0 saturated carbocycles. The zero-order chi connectivity index (χ0) is 22.5. The quantitative estimate of drug-likeness (QED) is 0.252. The van der Waals surface area contributed by atoms with Gasteiger partial charge < -0.3 is 4.57 Å². The van der Waals surface area contributed by atoms with Crippen molar-refractivity contribution in [1.29, 1.82) is 0 Å². The first kappa shape index (κ1) is 19.3. The molecule has 5 aromatic carbocycles. The summed E-state index contributed by atoms with van der Waals surface area (Å²) in [4.78, 5) is 1.31. The molecule has 0 N–H and O–H groups in total. The molecule has 160 valence electrons. The van der Waals surface area contributed by atoms with Crippen molar-refractivity contribution in [3.05, 3.63) is 127 Å². The van der Waals surface area contributed by atoms with E-state index in [1.54, 1.807) is 0 Å². The van der Waals surface area contributed by atoms with Crippen molar-refractivity contribution in [1.82, 2.24) is 4.57 Å². The van der Waals surface area contributed by atoms with Gasteiger partial charge in [-0.3, -0.25) is 0 Å². The third kappa shape index (κ3) is 3.00. The molecule has 2 heteroatoms.